The molecule has 0 unspecified atom stereocenters. The van der Waals surface area contributed by atoms with Gasteiger partial charge in [-0.3, -0.25) is 10.1 Å². The van der Waals surface area contributed by atoms with Crippen LogP contribution in [0.4, 0.5) is 15.9 Å². The molecule has 0 atom stereocenters. The zero-order valence-electron chi connectivity index (χ0n) is 12.5. The molecule has 0 aliphatic heterocycles. The van der Waals surface area contributed by atoms with Gasteiger partial charge in [-0.25, -0.2) is 4.39 Å². The minimum atomic E-state index is -0.882. The van der Waals surface area contributed by atoms with E-state index in [4.69, 9.17) is 9.47 Å². The van der Waals surface area contributed by atoms with E-state index in [1.165, 1.54) is 6.07 Å². The summed E-state index contributed by atoms with van der Waals surface area (Å²) < 4.78 is 23.9. The highest BCUT2D eigenvalue weighted by Crippen LogP contribution is 2.25. The normalized spacial score (nSPS) is 10.2. The fraction of sp³-hybridized carbons (Fsp3) is 0.214. The first kappa shape index (κ1) is 17.1. The monoisotopic (exact) mass is 337 g/mol. The molecule has 2 aromatic rings. The average molecular weight is 337 g/mol. The summed E-state index contributed by atoms with van der Waals surface area (Å²) >= 11 is 0. The lowest BCUT2D eigenvalue weighted by atomic mass is 10.3. The molecule has 0 saturated carbocycles. The third-order valence-electron chi connectivity index (χ3n) is 2.88. The fourth-order valence-corrected chi connectivity index (χ4v) is 1.80. The number of non-ortho nitro benzene ring substituents is 1. The number of aromatic nitrogens is 1. The minimum Gasteiger partial charge on any atom is -0.487 e. The summed E-state index contributed by atoms with van der Waals surface area (Å²) in [5.74, 6) is -1.51. The van der Waals surface area contributed by atoms with Crippen LogP contribution >= 0.6 is 0 Å². The zero-order valence-corrected chi connectivity index (χ0v) is 12.5. The quantitative estimate of drug-likeness (QED) is 0.433. The zero-order chi connectivity index (χ0) is 17.7. The van der Waals surface area contributed by atoms with E-state index in [0.717, 1.165) is 18.2 Å². The molecule has 0 radical (unpaired) electrons. The van der Waals surface area contributed by atoms with Crippen molar-refractivity contribution in [3.05, 3.63) is 62.1 Å². The Balaban J connectivity index is 1.94. The van der Waals surface area contributed by atoms with Gasteiger partial charge in [0.1, 0.15) is 18.9 Å². The molecular formula is C14H12FN3O6. The van der Waals surface area contributed by atoms with Crippen molar-refractivity contribution < 1.29 is 23.7 Å². The number of ether oxygens (including phenoxy) is 2. The Morgan fingerprint density at radius 3 is 2.25 bits per heavy atom. The van der Waals surface area contributed by atoms with Crippen molar-refractivity contribution in [2.45, 2.75) is 6.92 Å². The predicted octanol–water partition coefficient (Wildman–Crippen LogP) is 2.80. The number of pyridine rings is 1. The topological polar surface area (TPSA) is 118 Å². The molecule has 10 heteroatoms. The van der Waals surface area contributed by atoms with E-state index in [2.05, 4.69) is 4.98 Å². The smallest absolute Gasteiger partial charge is 0.406 e. The van der Waals surface area contributed by atoms with Gasteiger partial charge in [0.15, 0.2) is 11.6 Å². The van der Waals surface area contributed by atoms with Crippen LogP contribution in [-0.4, -0.2) is 28.0 Å². The SMILES string of the molecule is Cc1ccc(OCCOc2ccc([N+](=O)[O-])cc2F)c([N+](=O)[O-])n1. The third-order valence-corrected chi connectivity index (χ3v) is 2.88. The minimum absolute atomic E-state index is 0.0293. The number of rotatable bonds is 7. The van der Waals surface area contributed by atoms with E-state index in [-0.39, 0.29) is 24.7 Å². The van der Waals surface area contributed by atoms with E-state index in [1.54, 1.807) is 13.0 Å². The molecular weight excluding hydrogens is 325 g/mol. The number of nitro groups is 2. The number of nitrogens with zero attached hydrogens (tertiary/aromatic N) is 3. The first-order valence-electron chi connectivity index (χ1n) is 6.70. The van der Waals surface area contributed by atoms with Gasteiger partial charge in [0, 0.05) is 13.0 Å². The molecule has 1 heterocycles. The molecule has 0 saturated heterocycles. The molecule has 2 rings (SSSR count). The molecule has 0 fully saturated rings. The van der Waals surface area contributed by atoms with Crippen molar-refractivity contribution in [2.75, 3.05) is 13.2 Å². The van der Waals surface area contributed by atoms with Crippen LogP contribution in [0.5, 0.6) is 11.5 Å². The summed E-state index contributed by atoms with van der Waals surface area (Å²) in [5.41, 5.74) is 0.0794. The van der Waals surface area contributed by atoms with Crippen LogP contribution in [0.1, 0.15) is 5.69 Å². The van der Waals surface area contributed by atoms with Gasteiger partial charge in [0.05, 0.1) is 11.0 Å². The molecule has 1 aromatic carbocycles. The Hall–Kier alpha value is -3.30. The second-order valence-corrected chi connectivity index (χ2v) is 4.60. The van der Waals surface area contributed by atoms with Gasteiger partial charge in [-0.15, -0.1) is 0 Å². The average Bonchev–Trinajstić information content (AvgIpc) is 2.53. The van der Waals surface area contributed by atoms with E-state index < -0.39 is 27.2 Å². The van der Waals surface area contributed by atoms with E-state index in [9.17, 15) is 24.6 Å². The molecule has 0 N–H and O–H groups in total. The van der Waals surface area contributed by atoms with Crippen molar-refractivity contribution >= 4 is 11.5 Å². The maximum atomic E-state index is 13.6. The number of nitro benzene ring substituents is 1. The van der Waals surface area contributed by atoms with Crippen LogP contribution in [-0.2, 0) is 0 Å². The largest absolute Gasteiger partial charge is 0.487 e. The van der Waals surface area contributed by atoms with Crippen molar-refractivity contribution in [2.24, 2.45) is 0 Å². The second-order valence-electron chi connectivity index (χ2n) is 4.60. The highest BCUT2D eigenvalue weighted by atomic mass is 19.1. The van der Waals surface area contributed by atoms with E-state index in [1.807, 2.05) is 0 Å². The van der Waals surface area contributed by atoms with Gasteiger partial charge in [0.25, 0.3) is 5.69 Å². The van der Waals surface area contributed by atoms with Crippen LogP contribution in [0.2, 0.25) is 0 Å². The lowest BCUT2D eigenvalue weighted by molar-refractivity contribution is -0.390. The number of hydrogen-bond donors (Lipinski definition) is 0. The number of benzene rings is 1. The molecule has 0 aliphatic rings. The van der Waals surface area contributed by atoms with Gasteiger partial charge in [-0.05, 0) is 28.1 Å². The van der Waals surface area contributed by atoms with Crippen molar-refractivity contribution in [3.8, 4) is 11.5 Å². The van der Waals surface area contributed by atoms with Crippen LogP contribution in [0, 0.1) is 33.0 Å². The lowest BCUT2D eigenvalue weighted by Gasteiger charge is -2.09. The summed E-state index contributed by atoms with van der Waals surface area (Å²) in [4.78, 5) is 23.8. The molecule has 0 spiro atoms. The molecule has 0 amide bonds. The maximum absolute atomic E-state index is 13.6. The Labute approximate surface area is 135 Å². The Morgan fingerprint density at radius 2 is 1.67 bits per heavy atom. The van der Waals surface area contributed by atoms with Gasteiger partial charge < -0.3 is 19.6 Å². The highest BCUT2D eigenvalue weighted by molar-refractivity contribution is 5.40. The van der Waals surface area contributed by atoms with E-state index >= 15 is 0 Å². The Morgan fingerprint density at radius 1 is 1.04 bits per heavy atom. The van der Waals surface area contributed by atoms with Crippen molar-refractivity contribution in [3.63, 3.8) is 0 Å². The fourth-order valence-electron chi connectivity index (χ4n) is 1.80. The Bertz CT molecular complexity index is 783. The molecule has 1 aromatic heterocycles. The first-order valence-corrected chi connectivity index (χ1v) is 6.70. The first-order chi connectivity index (χ1) is 11.4. The third kappa shape index (κ3) is 4.12. The number of aryl methyl sites for hydroxylation is 1. The Kier molecular flexibility index (Phi) is 5.20. The second kappa shape index (κ2) is 7.31. The van der Waals surface area contributed by atoms with Crippen molar-refractivity contribution in [1.29, 1.82) is 0 Å². The van der Waals surface area contributed by atoms with Crippen LogP contribution in [0.25, 0.3) is 0 Å². The molecule has 0 bridgehead atoms. The van der Waals surface area contributed by atoms with Gasteiger partial charge in [0.2, 0.25) is 5.75 Å². The van der Waals surface area contributed by atoms with Crippen LogP contribution in [0.15, 0.2) is 30.3 Å². The standard InChI is InChI=1S/C14H12FN3O6/c1-9-2-4-13(14(16-9)18(21)22)24-7-6-23-12-5-3-10(17(19)20)8-11(12)15/h2-5,8H,6-7H2,1H3. The summed E-state index contributed by atoms with van der Waals surface area (Å²) in [6.45, 7) is 1.40. The molecule has 0 aliphatic carbocycles. The highest BCUT2D eigenvalue weighted by Gasteiger charge is 2.17. The van der Waals surface area contributed by atoms with E-state index in [0.29, 0.717) is 5.69 Å². The number of hydrogen-bond acceptors (Lipinski definition) is 7. The van der Waals surface area contributed by atoms with Crippen molar-refractivity contribution in [1.82, 2.24) is 4.98 Å². The number of halogens is 1. The summed E-state index contributed by atoms with van der Waals surface area (Å²) in [6.07, 6.45) is 0. The molecule has 9 nitrogen and oxygen atoms in total. The predicted molar refractivity (Wildman–Crippen MR) is 79.7 cm³/mol. The summed E-state index contributed by atoms with van der Waals surface area (Å²) in [6, 6.07) is 5.94. The van der Waals surface area contributed by atoms with Gasteiger partial charge in [-0.2, -0.15) is 0 Å². The van der Waals surface area contributed by atoms with Gasteiger partial charge in [-0.1, -0.05) is 0 Å². The summed E-state index contributed by atoms with van der Waals surface area (Å²) in [5, 5.41) is 21.4. The molecule has 24 heavy (non-hydrogen) atoms. The maximum Gasteiger partial charge on any atom is 0.406 e. The lowest BCUT2D eigenvalue weighted by Crippen LogP contribution is -2.11. The molecule has 126 valence electrons. The van der Waals surface area contributed by atoms with Crippen LogP contribution < -0.4 is 9.47 Å². The summed E-state index contributed by atoms with van der Waals surface area (Å²) in [7, 11) is 0. The van der Waals surface area contributed by atoms with Crippen LogP contribution in [0.3, 0.4) is 0 Å². The van der Waals surface area contributed by atoms with Gasteiger partial charge >= 0.3 is 5.82 Å².